The Bertz CT molecular complexity index is 423. The molecule has 19 heavy (non-hydrogen) atoms. The van der Waals surface area contributed by atoms with Crippen molar-refractivity contribution in [2.75, 3.05) is 12.4 Å². The summed E-state index contributed by atoms with van der Waals surface area (Å²) in [7, 11) is 1.62. The molecule has 106 valence electrons. The highest BCUT2D eigenvalue weighted by Gasteiger charge is 2.18. The number of aliphatic carboxylic acids is 1. The highest BCUT2D eigenvalue weighted by molar-refractivity contribution is 9.10. The quantitative estimate of drug-likeness (QED) is 0.764. The number of anilines is 1. The second-order valence-corrected chi connectivity index (χ2v) is 5.23. The number of halogens is 1. The maximum Gasteiger partial charge on any atom is 0.326 e. The average Bonchev–Trinajstić information content (AvgIpc) is 2.38. The van der Waals surface area contributed by atoms with Crippen LogP contribution >= 0.6 is 15.9 Å². The molecule has 0 saturated heterocycles. The molecular formula is C14H20BrNO3. The predicted octanol–water partition coefficient (Wildman–Crippen LogP) is 3.65. The number of methoxy groups -OCH3 is 1. The third-order valence-electron chi connectivity index (χ3n) is 2.88. The molecule has 1 unspecified atom stereocenters. The Labute approximate surface area is 122 Å². The van der Waals surface area contributed by atoms with Crippen molar-refractivity contribution in [3.05, 3.63) is 28.2 Å². The molecule has 2 N–H and O–H groups in total. The van der Waals surface area contributed by atoms with E-state index in [1.165, 1.54) is 0 Å². The van der Waals surface area contributed by atoms with E-state index in [9.17, 15) is 9.90 Å². The largest absolute Gasteiger partial charge is 0.480 e. The molecule has 1 atom stereocenters. The van der Waals surface area contributed by atoms with Crippen molar-refractivity contribution in [2.24, 2.45) is 0 Å². The molecule has 4 nitrogen and oxygen atoms in total. The zero-order valence-electron chi connectivity index (χ0n) is 11.3. The van der Waals surface area contributed by atoms with E-state index in [1.54, 1.807) is 7.11 Å². The molecule has 0 heterocycles. The number of hydrogen-bond donors (Lipinski definition) is 2. The Kier molecular flexibility index (Phi) is 6.87. The highest BCUT2D eigenvalue weighted by atomic mass is 79.9. The Hall–Kier alpha value is -1.07. The van der Waals surface area contributed by atoms with E-state index in [4.69, 9.17) is 4.74 Å². The number of carbonyl (C=O) groups is 1. The van der Waals surface area contributed by atoms with Gasteiger partial charge in [-0.3, -0.25) is 0 Å². The molecule has 0 aliphatic heterocycles. The fraction of sp³-hybridized carbons (Fsp3) is 0.500. The summed E-state index contributed by atoms with van der Waals surface area (Å²) in [6.45, 7) is 2.48. The number of ether oxygens (including phenoxy) is 1. The normalized spacial score (nSPS) is 12.2. The molecule has 1 aromatic rings. The van der Waals surface area contributed by atoms with E-state index in [1.807, 2.05) is 25.1 Å². The summed E-state index contributed by atoms with van der Waals surface area (Å²) in [5.74, 6) is -0.822. The van der Waals surface area contributed by atoms with Gasteiger partial charge in [0.25, 0.3) is 0 Å². The van der Waals surface area contributed by atoms with Crippen molar-refractivity contribution < 1.29 is 14.6 Å². The number of unbranched alkanes of at least 4 members (excludes halogenated alkanes) is 1. The van der Waals surface area contributed by atoms with E-state index in [2.05, 4.69) is 21.2 Å². The summed E-state index contributed by atoms with van der Waals surface area (Å²) < 4.78 is 6.07. The summed E-state index contributed by atoms with van der Waals surface area (Å²) in [6.07, 6.45) is 2.48. The van der Waals surface area contributed by atoms with Crippen molar-refractivity contribution in [1.82, 2.24) is 0 Å². The molecule has 1 aromatic carbocycles. The van der Waals surface area contributed by atoms with Gasteiger partial charge in [0, 0.05) is 22.8 Å². The van der Waals surface area contributed by atoms with Crippen LogP contribution in [0.4, 0.5) is 5.69 Å². The lowest BCUT2D eigenvalue weighted by Gasteiger charge is -2.19. The third kappa shape index (κ3) is 4.84. The van der Waals surface area contributed by atoms with Crippen LogP contribution in [-0.4, -0.2) is 24.2 Å². The van der Waals surface area contributed by atoms with E-state index < -0.39 is 12.0 Å². The minimum atomic E-state index is -0.822. The van der Waals surface area contributed by atoms with E-state index in [0.29, 0.717) is 13.0 Å². The lowest BCUT2D eigenvalue weighted by Crippen LogP contribution is -2.29. The summed E-state index contributed by atoms with van der Waals surface area (Å²) in [6, 6.07) is 5.11. The molecule has 0 aromatic heterocycles. The first-order valence-electron chi connectivity index (χ1n) is 6.35. The molecule has 0 saturated carbocycles. The topological polar surface area (TPSA) is 58.6 Å². The van der Waals surface area contributed by atoms with Crippen LogP contribution in [0.5, 0.6) is 0 Å². The van der Waals surface area contributed by atoms with Gasteiger partial charge in [-0.1, -0.05) is 41.8 Å². The zero-order valence-corrected chi connectivity index (χ0v) is 12.9. The van der Waals surface area contributed by atoms with Crippen LogP contribution in [0.2, 0.25) is 0 Å². The fourth-order valence-corrected chi connectivity index (χ4v) is 2.32. The van der Waals surface area contributed by atoms with E-state index >= 15 is 0 Å². The molecule has 0 radical (unpaired) electrons. The number of nitrogens with one attached hydrogen (secondary N) is 1. The molecule has 5 heteroatoms. The second kappa shape index (κ2) is 8.17. The molecule has 0 fully saturated rings. The van der Waals surface area contributed by atoms with Gasteiger partial charge >= 0.3 is 5.97 Å². The van der Waals surface area contributed by atoms with Gasteiger partial charge in [-0.15, -0.1) is 0 Å². The van der Waals surface area contributed by atoms with Gasteiger partial charge in [-0.25, -0.2) is 4.79 Å². The first kappa shape index (κ1) is 16.0. The summed E-state index contributed by atoms with van der Waals surface area (Å²) in [4.78, 5) is 11.3. The fourth-order valence-electron chi connectivity index (χ4n) is 1.84. The van der Waals surface area contributed by atoms with Crippen LogP contribution in [0.1, 0.15) is 31.7 Å². The van der Waals surface area contributed by atoms with Crippen molar-refractivity contribution in [1.29, 1.82) is 0 Å². The van der Waals surface area contributed by atoms with Crippen LogP contribution in [-0.2, 0) is 16.1 Å². The van der Waals surface area contributed by atoms with E-state index in [-0.39, 0.29) is 0 Å². The van der Waals surface area contributed by atoms with Crippen molar-refractivity contribution in [2.45, 2.75) is 38.8 Å². The Morgan fingerprint density at radius 1 is 1.53 bits per heavy atom. The summed E-state index contributed by atoms with van der Waals surface area (Å²) >= 11 is 3.46. The van der Waals surface area contributed by atoms with Gasteiger partial charge in [0.05, 0.1) is 6.61 Å². The van der Waals surface area contributed by atoms with E-state index in [0.717, 1.165) is 28.6 Å². The smallest absolute Gasteiger partial charge is 0.326 e. The first-order chi connectivity index (χ1) is 9.10. The van der Waals surface area contributed by atoms with Crippen LogP contribution in [0.3, 0.4) is 0 Å². The Balaban J connectivity index is 2.89. The zero-order chi connectivity index (χ0) is 14.3. The molecule has 0 aliphatic carbocycles. The second-order valence-electron chi connectivity index (χ2n) is 4.38. The Morgan fingerprint density at radius 2 is 2.26 bits per heavy atom. The minimum absolute atomic E-state index is 0.434. The molecule has 0 bridgehead atoms. The maximum absolute atomic E-state index is 11.3. The van der Waals surface area contributed by atoms with Gasteiger partial charge in [0.2, 0.25) is 0 Å². The third-order valence-corrected chi connectivity index (χ3v) is 3.62. The number of benzene rings is 1. The summed E-state index contributed by atoms with van der Waals surface area (Å²) in [5, 5.41) is 12.3. The lowest BCUT2D eigenvalue weighted by atomic mass is 10.1. The van der Waals surface area contributed by atoms with Gasteiger partial charge in [-0.05, 0) is 18.6 Å². The number of rotatable bonds is 8. The number of carboxylic acids is 1. The lowest BCUT2D eigenvalue weighted by molar-refractivity contribution is -0.138. The van der Waals surface area contributed by atoms with Crippen LogP contribution in [0, 0.1) is 0 Å². The minimum Gasteiger partial charge on any atom is -0.480 e. The number of hydrogen-bond acceptors (Lipinski definition) is 3. The van der Waals surface area contributed by atoms with Crippen molar-refractivity contribution >= 4 is 27.6 Å². The maximum atomic E-state index is 11.3. The highest BCUT2D eigenvalue weighted by Crippen LogP contribution is 2.26. The predicted molar refractivity (Wildman–Crippen MR) is 79.4 cm³/mol. The van der Waals surface area contributed by atoms with Gasteiger partial charge in [0.1, 0.15) is 6.04 Å². The van der Waals surface area contributed by atoms with Crippen LogP contribution < -0.4 is 5.32 Å². The van der Waals surface area contributed by atoms with Gasteiger partial charge in [0.15, 0.2) is 0 Å². The number of carboxylic acid groups (broad SMARTS) is 1. The van der Waals surface area contributed by atoms with Gasteiger partial charge in [-0.2, -0.15) is 0 Å². The molecule has 0 spiro atoms. The SMILES string of the molecule is CCCCC(Nc1cccc(Br)c1COC)C(=O)O. The van der Waals surface area contributed by atoms with Crippen LogP contribution in [0.25, 0.3) is 0 Å². The van der Waals surface area contributed by atoms with Crippen molar-refractivity contribution in [3.63, 3.8) is 0 Å². The molecular weight excluding hydrogens is 310 g/mol. The first-order valence-corrected chi connectivity index (χ1v) is 7.15. The van der Waals surface area contributed by atoms with Gasteiger partial charge < -0.3 is 15.2 Å². The Morgan fingerprint density at radius 3 is 2.84 bits per heavy atom. The molecule has 0 amide bonds. The average molecular weight is 330 g/mol. The van der Waals surface area contributed by atoms with Crippen molar-refractivity contribution in [3.8, 4) is 0 Å². The molecule has 1 rings (SSSR count). The monoisotopic (exact) mass is 329 g/mol. The standard InChI is InChI=1S/C14H20BrNO3/c1-3-4-7-13(14(17)18)16-12-8-5-6-11(15)10(12)9-19-2/h5-6,8,13,16H,3-4,7,9H2,1-2H3,(H,17,18). The summed E-state index contributed by atoms with van der Waals surface area (Å²) in [5.41, 5.74) is 1.74. The molecule has 0 aliphatic rings. The van der Waals surface area contributed by atoms with Crippen LogP contribution in [0.15, 0.2) is 22.7 Å².